The number of nitrogens with zero attached hydrogens (tertiary/aromatic N) is 3. The molecule has 0 saturated heterocycles. The minimum atomic E-state index is 0.769. The first kappa shape index (κ1) is 12.5. The second-order valence-corrected chi connectivity index (χ2v) is 6.36. The van der Waals surface area contributed by atoms with Gasteiger partial charge in [0.2, 0.25) is 5.13 Å². The van der Waals surface area contributed by atoms with Gasteiger partial charge in [-0.15, -0.1) is 21.5 Å². The van der Waals surface area contributed by atoms with Crippen LogP contribution in [-0.2, 0) is 6.42 Å². The highest BCUT2D eigenvalue weighted by atomic mass is 32.1. The number of aromatic nitrogens is 3. The molecular formula is C13H14N4S2. The zero-order valence-electron chi connectivity index (χ0n) is 10.6. The van der Waals surface area contributed by atoms with Crippen molar-refractivity contribution in [1.82, 2.24) is 15.2 Å². The molecule has 4 nitrogen and oxygen atoms in total. The van der Waals surface area contributed by atoms with E-state index in [9.17, 15) is 0 Å². The van der Waals surface area contributed by atoms with Gasteiger partial charge in [-0.3, -0.25) is 0 Å². The van der Waals surface area contributed by atoms with E-state index in [1.165, 1.54) is 4.70 Å². The summed E-state index contributed by atoms with van der Waals surface area (Å²) >= 11 is 3.34. The number of thiazole rings is 1. The lowest BCUT2D eigenvalue weighted by atomic mass is 10.3. The van der Waals surface area contributed by atoms with Gasteiger partial charge in [0, 0.05) is 6.54 Å². The Hall–Kier alpha value is -1.53. The Labute approximate surface area is 119 Å². The van der Waals surface area contributed by atoms with Crippen LogP contribution in [0.1, 0.15) is 23.4 Å². The van der Waals surface area contributed by atoms with E-state index in [1.807, 2.05) is 18.2 Å². The Kier molecular flexibility index (Phi) is 3.70. The van der Waals surface area contributed by atoms with Gasteiger partial charge in [0.15, 0.2) is 0 Å². The predicted molar refractivity (Wildman–Crippen MR) is 81.1 cm³/mol. The molecule has 19 heavy (non-hydrogen) atoms. The molecular weight excluding hydrogens is 276 g/mol. The summed E-state index contributed by atoms with van der Waals surface area (Å²) in [5, 5.41) is 14.6. The molecule has 98 valence electrons. The molecule has 2 aromatic heterocycles. The molecule has 0 unspecified atom stereocenters. The molecule has 3 rings (SSSR count). The van der Waals surface area contributed by atoms with E-state index in [0.717, 1.165) is 40.0 Å². The van der Waals surface area contributed by atoms with Crippen molar-refractivity contribution in [1.29, 1.82) is 0 Å². The maximum absolute atomic E-state index is 4.62. The number of hydrogen-bond donors (Lipinski definition) is 1. The molecule has 0 bridgehead atoms. The largest absolute Gasteiger partial charge is 0.360 e. The second kappa shape index (κ2) is 5.63. The van der Waals surface area contributed by atoms with Gasteiger partial charge < -0.3 is 5.32 Å². The van der Waals surface area contributed by atoms with E-state index in [0.29, 0.717) is 0 Å². The van der Waals surface area contributed by atoms with E-state index in [4.69, 9.17) is 0 Å². The summed E-state index contributed by atoms with van der Waals surface area (Å²) in [6.07, 6.45) is 1.86. The highest BCUT2D eigenvalue weighted by Crippen LogP contribution is 2.25. The third-order valence-electron chi connectivity index (χ3n) is 2.63. The third kappa shape index (κ3) is 2.90. The van der Waals surface area contributed by atoms with Crippen LogP contribution in [0.2, 0.25) is 0 Å². The summed E-state index contributed by atoms with van der Waals surface area (Å²) in [6, 6.07) is 8.21. The summed E-state index contributed by atoms with van der Waals surface area (Å²) in [6.45, 7) is 3.08. The van der Waals surface area contributed by atoms with Crippen LogP contribution in [0.5, 0.6) is 0 Å². The summed E-state index contributed by atoms with van der Waals surface area (Å²) in [5.41, 5.74) is 1.07. The normalized spacial score (nSPS) is 11.0. The molecule has 1 aromatic carbocycles. The average Bonchev–Trinajstić information content (AvgIpc) is 3.02. The van der Waals surface area contributed by atoms with Gasteiger partial charge in [-0.2, -0.15) is 0 Å². The van der Waals surface area contributed by atoms with Crippen molar-refractivity contribution in [2.24, 2.45) is 0 Å². The van der Waals surface area contributed by atoms with Crippen molar-refractivity contribution >= 4 is 38.0 Å². The molecule has 0 aliphatic rings. The smallest absolute Gasteiger partial charge is 0.205 e. The molecule has 0 atom stereocenters. The summed E-state index contributed by atoms with van der Waals surface area (Å²) in [5.74, 6) is 0. The number of nitrogens with one attached hydrogen (secondary N) is 1. The van der Waals surface area contributed by atoms with Gasteiger partial charge in [0.1, 0.15) is 10.0 Å². The fraction of sp³-hybridized carbons (Fsp3) is 0.308. The van der Waals surface area contributed by atoms with Crippen LogP contribution in [0.4, 0.5) is 5.13 Å². The highest BCUT2D eigenvalue weighted by Gasteiger charge is 2.08. The Morgan fingerprint density at radius 1 is 1.11 bits per heavy atom. The van der Waals surface area contributed by atoms with Crippen molar-refractivity contribution in [2.45, 2.75) is 19.8 Å². The molecule has 0 aliphatic carbocycles. The van der Waals surface area contributed by atoms with Crippen LogP contribution in [0.15, 0.2) is 24.3 Å². The van der Waals surface area contributed by atoms with Crippen LogP contribution in [0, 0.1) is 0 Å². The van der Waals surface area contributed by atoms with E-state index in [2.05, 4.69) is 33.5 Å². The lowest BCUT2D eigenvalue weighted by Gasteiger charge is -1.95. The van der Waals surface area contributed by atoms with Gasteiger partial charge in [-0.25, -0.2) is 4.98 Å². The van der Waals surface area contributed by atoms with E-state index in [1.54, 1.807) is 22.7 Å². The molecule has 0 aliphatic heterocycles. The summed E-state index contributed by atoms with van der Waals surface area (Å²) in [4.78, 5) is 4.62. The predicted octanol–water partition coefficient (Wildman–Crippen LogP) is 3.56. The fourth-order valence-electron chi connectivity index (χ4n) is 1.75. The van der Waals surface area contributed by atoms with E-state index < -0.39 is 0 Å². The monoisotopic (exact) mass is 290 g/mol. The second-order valence-electron chi connectivity index (χ2n) is 4.18. The third-order valence-corrected chi connectivity index (χ3v) is 4.55. The van der Waals surface area contributed by atoms with Crippen LogP contribution >= 0.6 is 22.7 Å². The topological polar surface area (TPSA) is 50.7 Å². The minimum absolute atomic E-state index is 0.769. The average molecular weight is 290 g/mol. The summed E-state index contributed by atoms with van der Waals surface area (Å²) < 4.78 is 1.23. The van der Waals surface area contributed by atoms with Gasteiger partial charge >= 0.3 is 0 Å². The van der Waals surface area contributed by atoms with Gasteiger partial charge in [-0.1, -0.05) is 30.4 Å². The number of hydrogen-bond acceptors (Lipinski definition) is 6. The number of fused-ring (bicyclic) bond motifs is 1. The highest BCUT2D eigenvalue weighted by molar-refractivity contribution is 7.19. The number of benzene rings is 1. The lowest BCUT2D eigenvalue weighted by molar-refractivity contribution is 0.951. The van der Waals surface area contributed by atoms with Gasteiger partial charge in [-0.05, 0) is 18.6 Å². The SMILES string of the molecule is CCCNc1nnc(Cc2nc3ccccc3s2)s1. The fourth-order valence-corrected chi connectivity index (χ4v) is 3.59. The molecule has 0 spiro atoms. The van der Waals surface area contributed by atoms with Crippen molar-refractivity contribution < 1.29 is 0 Å². The zero-order chi connectivity index (χ0) is 13.1. The van der Waals surface area contributed by atoms with E-state index in [-0.39, 0.29) is 0 Å². The summed E-state index contributed by atoms with van der Waals surface area (Å²) in [7, 11) is 0. The first-order valence-electron chi connectivity index (χ1n) is 6.26. The lowest BCUT2D eigenvalue weighted by Crippen LogP contribution is -1.98. The van der Waals surface area contributed by atoms with Crippen LogP contribution < -0.4 is 5.32 Å². The Morgan fingerprint density at radius 3 is 2.84 bits per heavy atom. The number of para-hydroxylation sites is 1. The standard InChI is InChI=1S/C13H14N4S2/c1-2-7-14-13-17-16-12(19-13)8-11-15-9-5-3-4-6-10(9)18-11/h3-6H,2,7-8H2,1H3,(H,14,17). The molecule has 6 heteroatoms. The Balaban J connectivity index is 1.75. The molecule has 0 fully saturated rings. The van der Waals surface area contributed by atoms with Crippen molar-refractivity contribution in [3.05, 3.63) is 34.3 Å². The minimum Gasteiger partial charge on any atom is -0.360 e. The molecule has 0 saturated carbocycles. The molecule has 0 radical (unpaired) electrons. The van der Waals surface area contributed by atoms with Crippen molar-refractivity contribution in [3.8, 4) is 0 Å². The van der Waals surface area contributed by atoms with Gasteiger partial charge in [0.05, 0.1) is 16.6 Å². The first-order valence-corrected chi connectivity index (χ1v) is 7.89. The molecule has 3 aromatic rings. The Bertz CT molecular complexity index is 641. The van der Waals surface area contributed by atoms with Gasteiger partial charge in [0.25, 0.3) is 0 Å². The maximum Gasteiger partial charge on any atom is 0.205 e. The molecule has 2 heterocycles. The number of anilines is 1. The quantitative estimate of drug-likeness (QED) is 0.780. The van der Waals surface area contributed by atoms with Crippen molar-refractivity contribution in [3.63, 3.8) is 0 Å². The maximum atomic E-state index is 4.62. The number of rotatable bonds is 5. The molecule has 1 N–H and O–H groups in total. The van der Waals surface area contributed by atoms with E-state index >= 15 is 0 Å². The molecule has 0 amide bonds. The van der Waals surface area contributed by atoms with Crippen LogP contribution in [0.25, 0.3) is 10.2 Å². The first-order chi connectivity index (χ1) is 9.35. The van der Waals surface area contributed by atoms with Crippen molar-refractivity contribution in [2.75, 3.05) is 11.9 Å². The van der Waals surface area contributed by atoms with Crippen LogP contribution in [-0.4, -0.2) is 21.7 Å². The zero-order valence-corrected chi connectivity index (χ0v) is 12.2. The van der Waals surface area contributed by atoms with Crippen LogP contribution in [0.3, 0.4) is 0 Å². The Morgan fingerprint density at radius 2 is 2.00 bits per heavy atom.